The maximum absolute atomic E-state index is 13.6. The van der Waals surface area contributed by atoms with E-state index in [0.29, 0.717) is 20.8 Å². The maximum atomic E-state index is 13.6. The number of aromatic nitrogens is 4. The first-order valence-electron chi connectivity index (χ1n) is 10.6. The average Bonchev–Trinajstić information content (AvgIpc) is 3.14. The van der Waals surface area contributed by atoms with Gasteiger partial charge in [0.2, 0.25) is 0 Å². The second kappa shape index (κ2) is 8.80. The summed E-state index contributed by atoms with van der Waals surface area (Å²) in [7, 11) is -2.36. The summed E-state index contributed by atoms with van der Waals surface area (Å²) in [5, 5.41) is 0.443. The van der Waals surface area contributed by atoms with Crippen LogP contribution in [-0.2, 0) is 29.6 Å². The summed E-state index contributed by atoms with van der Waals surface area (Å²) in [5.41, 5.74) is -1.41. The molecule has 0 aliphatic rings. The normalized spacial score (nSPS) is 12.4. The number of rotatable bonds is 5. The fourth-order valence-corrected chi connectivity index (χ4v) is 5.11. The van der Waals surface area contributed by atoms with Crippen molar-refractivity contribution in [3.63, 3.8) is 0 Å². The molecule has 184 valence electrons. The number of halogens is 4. The number of hydrogen-bond acceptors (Lipinski definition) is 5. The minimum Gasteiger partial charge on any atom is -0.321 e. The highest BCUT2D eigenvalue weighted by atomic mass is 35.5. The van der Waals surface area contributed by atoms with Crippen LogP contribution in [0.1, 0.15) is 19.5 Å². The maximum Gasteiger partial charge on any atom is 0.431 e. The van der Waals surface area contributed by atoms with Crippen LogP contribution < -0.4 is 5.56 Å². The molecule has 3 heterocycles. The van der Waals surface area contributed by atoms with Crippen LogP contribution in [0.3, 0.4) is 0 Å². The van der Waals surface area contributed by atoms with Crippen molar-refractivity contribution in [3.05, 3.63) is 63.5 Å². The second-order valence-corrected chi connectivity index (χ2v) is 10.4. The summed E-state index contributed by atoms with van der Waals surface area (Å²) in [6.45, 7) is 2.69. The van der Waals surface area contributed by atoms with Crippen molar-refractivity contribution in [3.8, 4) is 22.8 Å². The molecule has 0 bridgehead atoms. The van der Waals surface area contributed by atoms with Gasteiger partial charge in [0.05, 0.1) is 21.9 Å². The van der Waals surface area contributed by atoms with Crippen LogP contribution in [0.2, 0.25) is 5.02 Å². The molecule has 4 rings (SSSR count). The van der Waals surface area contributed by atoms with Gasteiger partial charge in [-0.25, -0.2) is 18.4 Å². The molecule has 0 aliphatic heterocycles. The van der Waals surface area contributed by atoms with E-state index in [-0.39, 0.29) is 39.7 Å². The molecule has 12 heteroatoms. The van der Waals surface area contributed by atoms with E-state index in [1.807, 2.05) is 0 Å². The number of hydrogen-bond donors (Lipinski definition) is 0. The van der Waals surface area contributed by atoms with Crippen LogP contribution in [0, 0.1) is 0 Å². The van der Waals surface area contributed by atoms with Crippen LogP contribution in [0.25, 0.3) is 33.8 Å². The zero-order chi connectivity index (χ0) is 25.7. The van der Waals surface area contributed by atoms with Gasteiger partial charge in [-0.15, -0.1) is 0 Å². The van der Waals surface area contributed by atoms with Crippen molar-refractivity contribution in [2.75, 3.05) is 5.75 Å². The van der Waals surface area contributed by atoms with Gasteiger partial charge < -0.3 is 9.13 Å². The number of benzene rings is 1. The van der Waals surface area contributed by atoms with Gasteiger partial charge in [-0.3, -0.25) is 4.79 Å². The van der Waals surface area contributed by atoms with Gasteiger partial charge in [-0.05, 0) is 37.3 Å². The standard InChI is InChI=1S/C23H20ClF3N4O3S/c1-4-31-18(23(25,26)27)12-16-20(22(31)32)30(3)21(29-16)19-17(35(33,34)5-2)10-9-15(28-19)13-7-6-8-14(24)11-13/h6-12H,4-5H2,1-3H3. The molecule has 35 heavy (non-hydrogen) atoms. The first-order chi connectivity index (χ1) is 16.4. The van der Waals surface area contributed by atoms with Crippen molar-refractivity contribution in [2.24, 2.45) is 7.05 Å². The molecule has 0 unspecified atom stereocenters. The zero-order valence-corrected chi connectivity index (χ0v) is 20.5. The lowest BCUT2D eigenvalue weighted by molar-refractivity contribution is -0.144. The monoisotopic (exact) mass is 524 g/mol. The minimum atomic E-state index is -4.78. The molecule has 0 amide bonds. The van der Waals surface area contributed by atoms with E-state index < -0.39 is 27.3 Å². The Kier molecular flexibility index (Phi) is 6.26. The Morgan fingerprint density at radius 3 is 2.37 bits per heavy atom. The fourth-order valence-electron chi connectivity index (χ4n) is 3.90. The smallest absolute Gasteiger partial charge is 0.321 e. The summed E-state index contributed by atoms with van der Waals surface area (Å²) < 4.78 is 68.5. The Balaban J connectivity index is 2.08. The summed E-state index contributed by atoms with van der Waals surface area (Å²) in [5.74, 6) is -0.279. The lowest BCUT2D eigenvalue weighted by Crippen LogP contribution is -2.28. The first-order valence-corrected chi connectivity index (χ1v) is 12.6. The zero-order valence-electron chi connectivity index (χ0n) is 18.9. The average molecular weight is 525 g/mol. The molecule has 0 N–H and O–H groups in total. The summed E-state index contributed by atoms with van der Waals surface area (Å²) in [6.07, 6.45) is -4.78. The SMILES string of the molecule is CCn1c(C(F)(F)F)cc2nc(-c3nc(-c4cccc(Cl)c4)ccc3S(=O)(=O)CC)n(C)c2c1=O. The third kappa shape index (κ3) is 4.34. The van der Waals surface area contributed by atoms with Gasteiger partial charge in [0.1, 0.15) is 16.9 Å². The van der Waals surface area contributed by atoms with E-state index >= 15 is 0 Å². The highest BCUT2D eigenvalue weighted by molar-refractivity contribution is 7.91. The van der Waals surface area contributed by atoms with E-state index in [1.54, 1.807) is 24.3 Å². The van der Waals surface area contributed by atoms with Gasteiger partial charge in [0.25, 0.3) is 5.56 Å². The molecule has 0 aliphatic carbocycles. The molecule has 7 nitrogen and oxygen atoms in total. The van der Waals surface area contributed by atoms with E-state index in [0.717, 1.165) is 6.07 Å². The highest BCUT2D eigenvalue weighted by Gasteiger charge is 2.36. The van der Waals surface area contributed by atoms with E-state index in [1.165, 1.54) is 37.6 Å². The Labute approximate surface area is 203 Å². The highest BCUT2D eigenvalue weighted by Crippen LogP contribution is 2.34. The van der Waals surface area contributed by atoms with Crippen molar-refractivity contribution in [2.45, 2.75) is 31.5 Å². The van der Waals surface area contributed by atoms with Crippen molar-refractivity contribution in [1.29, 1.82) is 0 Å². The molecule has 0 saturated carbocycles. The Hall–Kier alpha value is -3.18. The van der Waals surface area contributed by atoms with Crippen LogP contribution in [0.15, 0.2) is 52.2 Å². The lowest BCUT2D eigenvalue weighted by Gasteiger charge is -2.14. The van der Waals surface area contributed by atoms with Gasteiger partial charge in [-0.1, -0.05) is 30.7 Å². The molecule has 3 aromatic heterocycles. The van der Waals surface area contributed by atoms with Crippen LogP contribution in [-0.4, -0.2) is 33.3 Å². The van der Waals surface area contributed by atoms with Crippen molar-refractivity contribution in [1.82, 2.24) is 19.1 Å². The number of aryl methyl sites for hydroxylation is 1. The van der Waals surface area contributed by atoms with Gasteiger partial charge in [0, 0.05) is 24.2 Å². The van der Waals surface area contributed by atoms with Crippen molar-refractivity contribution < 1.29 is 21.6 Å². The van der Waals surface area contributed by atoms with Gasteiger partial charge in [-0.2, -0.15) is 13.2 Å². The third-order valence-corrected chi connectivity index (χ3v) is 7.64. The largest absolute Gasteiger partial charge is 0.431 e. The van der Waals surface area contributed by atoms with Crippen molar-refractivity contribution >= 4 is 32.5 Å². The number of nitrogens with zero attached hydrogens (tertiary/aromatic N) is 4. The summed E-state index contributed by atoms with van der Waals surface area (Å²) in [4.78, 5) is 21.6. The van der Waals surface area contributed by atoms with E-state index in [9.17, 15) is 26.4 Å². The number of sulfone groups is 1. The number of pyridine rings is 2. The van der Waals surface area contributed by atoms with Crippen LogP contribution in [0.4, 0.5) is 13.2 Å². The number of imidazole rings is 1. The van der Waals surface area contributed by atoms with Crippen LogP contribution >= 0.6 is 11.6 Å². The number of fused-ring (bicyclic) bond motifs is 1. The molecule has 4 aromatic rings. The molecule has 0 saturated heterocycles. The predicted molar refractivity (Wildman–Crippen MR) is 127 cm³/mol. The second-order valence-electron chi connectivity index (χ2n) is 7.76. The molecule has 0 spiro atoms. The lowest BCUT2D eigenvalue weighted by atomic mass is 10.1. The molecule has 0 fully saturated rings. The number of alkyl halides is 3. The first kappa shape index (κ1) is 24.9. The quantitative estimate of drug-likeness (QED) is 0.369. The Morgan fingerprint density at radius 2 is 1.77 bits per heavy atom. The third-order valence-electron chi connectivity index (χ3n) is 5.65. The predicted octanol–water partition coefficient (Wildman–Crippen LogP) is 4.95. The topological polar surface area (TPSA) is 86.8 Å². The van der Waals surface area contributed by atoms with E-state index in [2.05, 4.69) is 9.97 Å². The summed E-state index contributed by atoms with van der Waals surface area (Å²) in [6, 6.07) is 10.4. The van der Waals surface area contributed by atoms with Gasteiger partial charge >= 0.3 is 6.18 Å². The molecule has 1 aromatic carbocycles. The fraction of sp³-hybridized carbons (Fsp3) is 0.261. The van der Waals surface area contributed by atoms with E-state index in [4.69, 9.17) is 11.6 Å². The van der Waals surface area contributed by atoms with Gasteiger partial charge in [0.15, 0.2) is 15.7 Å². The molecular weight excluding hydrogens is 505 g/mol. The minimum absolute atomic E-state index is 0.0463. The Morgan fingerprint density at radius 1 is 1.06 bits per heavy atom. The van der Waals surface area contributed by atoms with Crippen LogP contribution in [0.5, 0.6) is 0 Å². The molecule has 0 atom stereocenters. The Bertz CT molecular complexity index is 1630. The molecular formula is C23H20ClF3N4O3S. The molecule has 0 radical (unpaired) electrons. The summed E-state index contributed by atoms with van der Waals surface area (Å²) >= 11 is 6.09.